The van der Waals surface area contributed by atoms with Crippen LogP contribution in [0.4, 0.5) is 0 Å². The van der Waals surface area contributed by atoms with E-state index in [1.54, 1.807) is 25.2 Å². The Kier molecular flexibility index (Phi) is 15.5. The second-order valence-corrected chi connectivity index (χ2v) is 12.4. The smallest absolute Gasteiger partial charge is 0.243 e. The van der Waals surface area contributed by atoms with Crippen molar-refractivity contribution in [1.82, 2.24) is 26.3 Å². The molecule has 0 aliphatic carbocycles. The molecule has 262 valence electrons. The quantitative estimate of drug-likeness (QED) is 0.0321. The number of Topliss-reactive ketones (excluding diaryl/α,β-unsaturated/α-hetero) is 2. The predicted octanol–water partition coefficient (Wildman–Crippen LogP) is -1.57. The average Bonchev–Trinajstić information content (AvgIpc) is 3.44. The Bertz CT molecular complexity index is 1540. The number of benzene rings is 1. The van der Waals surface area contributed by atoms with Gasteiger partial charge in [-0.15, -0.1) is 11.3 Å². The van der Waals surface area contributed by atoms with Gasteiger partial charge in [-0.3, -0.25) is 38.6 Å². The number of amides is 5. The topological polar surface area (TPSA) is 297 Å². The number of ketones is 2. The lowest BCUT2D eigenvalue weighted by atomic mass is 9.88. The van der Waals surface area contributed by atoms with Crippen molar-refractivity contribution in [3.63, 3.8) is 0 Å². The summed E-state index contributed by atoms with van der Waals surface area (Å²) in [7, 11) is 1.54. The summed E-state index contributed by atoms with van der Waals surface area (Å²) in [4.78, 5) is 95.6. The number of carbonyl (C=O) groups is 7. The van der Waals surface area contributed by atoms with Gasteiger partial charge in [-0.1, -0.05) is 13.8 Å². The lowest BCUT2D eigenvalue weighted by molar-refractivity contribution is -0.130. The molecule has 1 aromatic heterocycles. The number of nitrogens with two attached hydrogens (primary N) is 4. The minimum atomic E-state index is -1.13. The third kappa shape index (κ3) is 12.7. The van der Waals surface area contributed by atoms with Crippen LogP contribution in [0.15, 0.2) is 23.2 Å². The van der Waals surface area contributed by atoms with Gasteiger partial charge in [-0.05, 0) is 50.4 Å². The van der Waals surface area contributed by atoms with E-state index in [1.165, 1.54) is 0 Å². The molecule has 0 aliphatic rings. The van der Waals surface area contributed by atoms with Crippen LogP contribution in [-0.2, 0) is 24.0 Å². The number of aliphatic imine (C=N–C) groups is 1. The SMILES string of the molecule is CNCC(=O)NC(CCC(N)=O)C(=O)NCC(=O)NC(CCCN=C(N)N)C(=O)c1nc2ccc(C(=O)CC(C(N)=O)C(C)C)cc2s1. The number of primary amides is 2. The zero-order chi connectivity index (χ0) is 36.0. The minimum Gasteiger partial charge on any atom is -0.370 e. The number of likely N-dealkylation sites (N-methyl/N-ethyl adjacent to an activating group) is 1. The predicted molar refractivity (Wildman–Crippen MR) is 180 cm³/mol. The molecule has 12 N–H and O–H groups in total. The Morgan fingerprint density at radius 1 is 0.917 bits per heavy atom. The lowest BCUT2D eigenvalue weighted by Gasteiger charge is -2.19. The fourth-order valence-electron chi connectivity index (χ4n) is 4.60. The molecule has 0 saturated heterocycles. The van der Waals surface area contributed by atoms with E-state index in [-0.39, 0.29) is 61.4 Å². The molecule has 48 heavy (non-hydrogen) atoms. The Labute approximate surface area is 281 Å². The third-order valence-electron chi connectivity index (χ3n) is 7.19. The molecule has 3 unspecified atom stereocenters. The van der Waals surface area contributed by atoms with E-state index in [0.717, 1.165) is 11.3 Å². The van der Waals surface area contributed by atoms with Crippen molar-refractivity contribution < 1.29 is 33.6 Å². The first-order chi connectivity index (χ1) is 22.6. The summed E-state index contributed by atoms with van der Waals surface area (Å²) in [5.41, 5.74) is 22.2. The Morgan fingerprint density at radius 2 is 1.58 bits per heavy atom. The highest BCUT2D eigenvalue weighted by atomic mass is 32.1. The van der Waals surface area contributed by atoms with Gasteiger partial charge >= 0.3 is 0 Å². The summed E-state index contributed by atoms with van der Waals surface area (Å²) in [5, 5.41) is 10.2. The summed E-state index contributed by atoms with van der Waals surface area (Å²) in [5.74, 6) is -4.84. The number of hydrogen-bond acceptors (Lipinski definition) is 11. The molecular formula is C30H44N10O7S. The average molecular weight is 689 g/mol. The Hall–Kier alpha value is -4.97. The molecule has 0 radical (unpaired) electrons. The highest BCUT2D eigenvalue weighted by Crippen LogP contribution is 2.26. The maximum atomic E-state index is 13.6. The summed E-state index contributed by atoms with van der Waals surface area (Å²) in [6, 6.07) is 2.54. The third-order valence-corrected chi connectivity index (χ3v) is 8.22. The van der Waals surface area contributed by atoms with Gasteiger partial charge in [-0.25, -0.2) is 4.98 Å². The summed E-state index contributed by atoms with van der Waals surface area (Å²) in [6.07, 6.45) is 0.116. The molecule has 3 atom stereocenters. The number of nitrogens with one attached hydrogen (secondary N) is 4. The molecular weight excluding hydrogens is 644 g/mol. The molecule has 0 aliphatic heterocycles. The van der Waals surface area contributed by atoms with Crippen LogP contribution in [-0.4, -0.2) is 90.8 Å². The van der Waals surface area contributed by atoms with Gasteiger partial charge in [0.05, 0.1) is 29.3 Å². The van der Waals surface area contributed by atoms with Gasteiger partial charge in [0.1, 0.15) is 6.04 Å². The van der Waals surface area contributed by atoms with Crippen molar-refractivity contribution in [1.29, 1.82) is 0 Å². The highest BCUT2D eigenvalue weighted by Gasteiger charge is 2.28. The van der Waals surface area contributed by atoms with E-state index in [4.69, 9.17) is 22.9 Å². The van der Waals surface area contributed by atoms with Crippen molar-refractivity contribution in [3.05, 3.63) is 28.8 Å². The van der Waals surface area contributed by atoms with E-state index in [9.17, 15) is 33.6 Å². The molecule has 1 heterocycles. The van der Waals surface area contributed by atoms with Crippen molar-refractivity contribution in [2.75, 3.05) is 26.7 Å². The Balaban J connectivity index is 2.20. The summed E-state index contributed by atoms with van der Waals surface area (Å²) >= 11 is 1.03. The van der Waals surface area contributed by atoms with Crippen molar-refractivity contribution in [2.45, 2.75) is 58.0 Å². The zero-order valence-electron chi connectivity index (χ0n) is 27.2. The van der Waals surface area contributed by atoms with Gasteiger partial charge in [0.2, 0.25) is 35.3 Å². The van der Waals surface area contributed by atoms with Crippen molar-refractivity contribution >= 4 is 68.6 Å². The first kappa shape index (κ1) is 39.2. The standard InChI is InChI=1S/C30H44N10O7S/c1-15(2)17(27(32)46)12-21(41)16-6-7-18-22(11-16)48-29(40-18)26(45)19(5-4-10-36-30(33)34)38-25(44)14-37-28(47)20(8-9-23(31)42)39-24(43)13-35-3/h6-7,11,15,17,19-20,35H,4-5,8-10,12-14H2,1-3H3,(H2,31,42)(H2,32,46)(H,37,47)(H,38,44)(H,39,43)(H4,33,34,36). The molecule has 1 aromatic carbocycles. The molecule has 5 amide bonds. The number of guanidine groups is 1. The number of nitrogens with zero attached hydrogens (tertiary/aromatic N) is 2. The molecule has 2 rings (SSSR count). The molecule has 0 spiro atoms. The fraction of sp³-hybridized carbons (Fsp3) is 0.500. The second-order valence-electron chi connectivity index (χ2n) is 11.4. The monoisotopic (exact) mass is 688 g/mol. The highest BCUT2D eigenvalue weighted by molar-refractivity contribution is 7.20. The molecule has 18 heteroatoms. The van der Waals surface area contributed by atoms with E-state index < -0.39 is 59.9 Å². The van der Waals surface area contributed by atoms with Gasteiger partial charge in [0, 0.05) is 30.9 Å². The maximum Gasteiger partial charge on any atom is 0.243 e. The van der Waals surface area contributed by atoms with Crippen LogP contribution in [0.2, 0.25) is 0 Å². The molecule has 17 nitrogen and oxygen atoms in total. The molecule has 0 fully saturated rings. The lowest BCUT2D eigenvalue weighted by Crippen LogP contribution is -2.52. The number of aromatic nitrogens is 1. The number of fused-ring (bicyclic) bond motifs is 1. The van der Waals surface area contributed by atoms with Crippen molar-refractivity contribution in [3.8, 4) is 0 Å². The number of hydrogen-bond donors (Lipinski definition) is 8. The summed E-state index contributed by atoms with van der Waals surface area (Å²) in [6.45, 7) is 3.17. The van der Waals surface area contributed by atoms with E-state index in [2.05, 4.69) is 31.2 Å². The van der Waals surface area contributed by atoms with Crippen LogP contribution in [0.3, 0.4) is 0 Å². The second kappa shape index (κ2) is 19.0. The Morgan fingerprint density at radius 3 is 2.19 bits per heavy atom. The van der Waals surface area contributed by atoms with Crippen LogP contribution < -0.4 is 44.2 Å². The van der Waals surface area contributed by atoms with Crippen LogP contribution in [0.1, 0.15) is 66.1 Å². The first-order valence-corrected chi connectivity index (χ1v) is 16.1. The molecule has 2 aromatic rings. The van der Waals surface area contributed by atoms with Crippen LogP contribution >= 0.6 is 11.3 Å². The molecule has 0 saturated carbocycles. The number of carbonyl (C=O) groups excluding carboxylic acids is 7. The summed E-state index contributed by atoms with van der Waals surface area (Å²) < 4.78 is 0.546. The molecule has 0 bridgehead atoms. The fourth-order valence-corrected chi connectivity index (χ4v) is 5.60. The van der Waals surface area contributed by atoms with Crippen LogP contribution in [0, 0.1) is 11.8 Å². The first-order valence-electron chi connectivity index (χ1n) is 15.2. The minimum absolute atomic E-state index is 0.0578. The zero-order valence-corrected chi connectivity index (χ0v) is 28.0. The van der Waals surface area contributed by atoms with Gasteiger partial charge in [0.25, 0.3) is 0 Å². The largest absolute Gasteiger partial charge is 0.370 e. The van der Waals surface area contributed by atoms with E-state index in [0.29, 0.717) is 22.2 Å². The number of thiazole rings is 1. The van der Waals surface area contributed by atoms with E-state index >= 15 is 0 Å². The van der Waals surface area contributed by atoms with Gasteiger partial charge in [0.15, 0.2) is 16.8 Å². The maximum absolute atomic E-state index is 13.6. The van der Waals surface area contributed by atoms with Gasteiger partial charge in [-0.2, -0.15) is 0 Å². The number of rotatable bonds is 21. The van der Waals surface area contributed by atoms with Crippen molar-refractivity contribution in [2.24, 2.45) is 39.8 Å². The van der Waals surface area contributed by atoms with Crippen LogP contribution in [0.5, 0.6) is 0 Å². The van der Waals surface area contributed by atoms with Gasteiger partial charge < -0.3 is 44.2 Å². The normalized spacial score (nSPS) is 12.8. The van der Waals surface area contributed by atoms with E-state index in [1.807, 2.05) is 13.8 Å². The van der Waals surface area contributed by atoms with Crippen LogP contribution in [0.25, 0.3) is 10.2 Å².